The minimum absolute atomic E-state index is 0.110. The van der Waals surface area contributed by atoms with E-state index in [4.69, 9.17) is 15.0 Å². The summed E-state index contributed by atoms with van der Waals surface area (Å²) < 4.78 is 0. The number of hydrogen-bond donors (Lipinski definition) is 2. The molecule has 0 unspecified atom stereocenters. The highest BCUT2D eigenvalue weighted by atomic mass is 16.3. The molecule has 38 heavy (non-hydrogen) atoms. The van der Waals surface area contributed by atoms with Gasteiger partial charge in [0.2, 0.25) is 0 Å². The fourth-order valence-electron chi connectivity index (χ4n) is 4.58. The van der Waals surface area contributed by atoms with Crippen LogP contribution in [0.25, 0.3) is 56.4 Å². The number of hydrogen-bond acceptors (Lipinski definition) is 5. The van der Waals surface area contributed by atoms with E-state index >= 15 is 0 Å². The average molecular weight is 494 g/mol. The van der Waals surface area contributed by atoms with E-state index in [1.165, 1.54) is 12.1 Å². The standard InChI is InChI=1S/C33H23N3O2/c37-28-20-11-21-29(38)30(28)33-35-31(26-18-9-7-16-24(26)22-12-3-1-4-13-22)34-32(36-33)27-19-10-8-17-25(27)23-14-5-2-6-15-23/h1-21,37-38H. The number of aromatic hydroxyl groups is 2. The van der Waals surface area contributed by atoms with E-state index < -0.39 is 0 Å². The molecule has 5 heteroatoms. The van der Waals surface area contributed by atoms with Crippen LogP contribution in [0.3, 0.4) is 0 Å². The van der Waals surface area contributed by atoms with Gasteiger partial charge in [-0.2, -0.15) is 0 Å². The fourth-order valence-corrected chi connectivity index (χ4v) is 4.58. The van der Waals surface area contributed by atoms with Crippen LogP contribution in [-0.2, 0) is 0 Å². The first-order valence-electron chi connectivity index (χ1n) is 12.3. The van der Waals surface area contributed by atoms with Crippen LogP contribution in [0.15, 0.2) is 127 Å². The molecule has 0 spiro atoms. The second-order valence-corrected chi connectivity index (χ2v) is 8.80. The molecule has 6 aromatic rings. The molecular formula is C33H23N3O2. The zero-order chi connectivity index (χ0) is 25.9. The van der Waals surface area contributed by atoms with Crippen LogP contribution in [0.4, 0.5) is 0 Å². The van der Waals surface area contributed by atoms with Crippen molar-refractivity contribution in [2.45, 2.75) is 0 Å². The number of benzene rings is 5. The van der Waals surface area contributed by atoms with Gasteiger partial charge in [0.05, 0.1) is 0 Å². The topological polar surface area (TPSA) is 79.1 Å². The minimum Gasteiger partial charge on any atom is -0.507 e. The molecule has 1 heterocycles. The van der Waals surface area contributed by atoms with Crippen LogP contribution < -0.4 is 0 Å². The highest BCUT2D eigenvalue weighted by molar-refractivity contribution is 5.85. The maximum absolute atomic E-state index is 10.7. The van der Waals surface area contributed by atoms with Crippen molar-refractivity contribution in [1.29, 1.82) is 0 Å². The van der Waals surface area contributed by atoms with Gasteiger partial charge in [0.15, 0.2) is 17.5 Å². The molecule has 0 saturated carbocycles. The van der Waals surface area contributed by atoms with Crippen molar-refractivity contribution < 1.29 is 10.2 Å². The smallest absolute Gasteiger partial charge is 0.171 e. The third-order valence-electron chi connectivity index (χ3n) is 6.39. The first-order valence-corrected chi connectivity index (χ1v) is 12.3. The molecule has 0 aliphatic carbocycles. The van der Waals surface area contributed by atoms with Crippen LogP contribution in [0.1, 0.15) is 0 Å². The molecule has 0 aliphatic heterocycles. The SMILES string of the molecule is Oc1cccc(O)c1-c1nc(-c2ccccc2-c2ccccc2)nc(-c2ccccc2-c2ccccc2)n1. The summed E-state index contributed by atoms with van der Waals surface area (Å²) in [5.74, 6) is 0.845. The summed E-state index contributed by atoms with van der Waals surface area (Å²) in [5, 5.41) is 21.3. The number of nitrogens with zero attached hydrogens (tertiary/aromatic N) is 3. The van der Waals surface area contributed by atoms with E-state index in [2.05, 4.69) is 0 Å². The summed E-state index contributed by atoms with van der Waals surface area (Å²) in [6, 6.07) is 40.5. The molecule has 6 rings (SSSR count). The highest BCUT2D eigenvalue weighted by Gasteiger charge is 2.20. The summed E-state index contributed by atoms with van der Waals surface area (Å²) in [6.07, 6.45) is 0. The molecule has 0 fully saturated rings. The molecule has 1 aromatic heterocycles. The Hall–Kier alpha value is -5.29. The largest absolute Gasteiger partial charge is 0.507 e. The lowest BCUT2D eigenvalue weighted by Gasteiger charge is -2.14. The third-order valence-corrected chi connectivity index (χ3v) is 6.39. The van der Waals surface area contributed by atoms with E-state index in [0.29, 0.717) is 11.6 Å². The van der Waals surface area contributed by atoms with Crippen LogP contribution >= 0.6 is 0 Å². The molecule has 0 saturated heterocycles. The zero-order valence-electron chi connectivity index (χ0n) is 20.4. The molecule has 5 nitrogen and oxygen atoms in total. The van der Waals surface area contributed by atoms with Gasteiger partial charge in [-0.05, 0) is 34.4 Å². The summed E-state index contributed by atoms with van der Waals surface area (Å²) >= 11 is 0. The Kier molecular flexibility index (Phi) is 6.08. The Balaban J connectivity index is 1.63. The predicted molar refractivity (Wildman–Crippen MR) is 150 cm³/mol. The Labute approximate surface area is 220 Å². The maximum atomic E-state index is 10.7. The summed E-state index contributed by atoms with van der Waals surface area (Å²) in [6.45, 7) is 0. The molecule has 182 valence electrons. The van der Waals surface area contributed by atoms with Crippen molar-refractivity contribution in [2.24, 2.45) is 0 Å². The molecule has 0 amide bonds. The van der Waals surface area contributed by atoms with Gasteiger partial charge >= 0.3 is 0 Å². The molecule has 0 bridgehead atoms. The van der Waals surface area contributed by atoms with E-state index in [9.17, 15) is 10.2 Å². The van der Waals surface area contributed by atoms with Crippen molar-refractivity contribution in [3.05, 3.63) is 127 Å². The molecule has 5 aromatic carbocycles. The second kappa shape index (κ2) is 9.99. The maximum Gasteiger partial charge on any atom is 0.171 e. The van der Waals surface area contributed by atoms with Crippen LogP contribution in [0, 0.1) is 0 Å². The molecular weight excluding hydrogens is 470 g/mol. The van der Waals surface area contributed by atoms with Gasteiger partial charge in [-0.1, -0.05) is 115 Å². The van der Waals surface area contributed by atoms with Gasteiger partial charge in [0.1, 0.15) is 17.1 Å². The van der Waals surface area contributed by atoms with Gasteiger partial charge in [-0.3, -0.25) is 0 Å². The predicted octanol–water partition coefficient (Wildman–Crippen LogP) is 7.62. The zero-order valence-corrected chi connectivity index (χ0v) is 20.4. The van der Waals surface area contributed by atoms with Crippen LogP contribution in [0.5, 0.6) is 11.5 Å². The van der Waals surface area contributed by atoms with E-state index in [1.807, 2.05) is 109 Å². The van der Waals surface area contributed by atoms with Gasteiger partial charge in [-0.15, -0.1) is 0 Å². The fraction of sp³-hybridized carbons (Fsp3) is 0. The lowest BCUT2D eigenvalue weighted by Crippen LogP contribution is -2.02. The molecule has 0 aliphatic rings. The quantitative estimate of drug-likeness (QED) is 0.258. The number of phenolic OH excluding ortho intramolecular Hbond substituents is 2. The van der Waals surface area contributed by atoms with Crippen molar-refractivity contribution in [1.82, 2.24) is 15.0 Å². The first kappa shape index (κ1) is 23.1. The summed E-state index contributed by atoms with van der Waals surface area (Å²) in [4.78, 5) is 14.5. The van der Waals surface area contributed by atoms with Gasteiger partial charge in [0.25, 0.3) is 0 Å². The van der Waals surface area contributed by atoms with Crippen molar-refractivity contribution in [2.75, 3.05) is 0 Å². The van der Waals surface area contributed by atoms with Crippen molar-refractivity contribution >= 4 is 0 Å². The van der Waals surface area contributed by atoms with Gasteiger partial charge < -0.3 is 10.2 Å². The lowest BCUT2D eigenvalue weighted by molar-refractivity contribution is 0.453. The Morgan fingerprint density at radius 2 is 0.711 bits per heavy atom. The first-order chi connectivity index (χ1) is 18.7. The van der Waals surface area contributed by atoms with Gasteiger partial charge in [0, 0.05) is 11.1 Å². The van der Waals surface area contributed by atoms with Crippen molar-refractivity contribution in [3.63, 3.8) is 0 Å². The van der Waals surface area contributed by atoms with E-state index in [0.717, 1.165) is 33.4 Å². The third kappa shape index (κ3) is 4.38. The molecule has 2 N–H and O–H groups in total. The van der Waals surface area contributed by atoms with Crippen LogP contribution in [0.2, 0.25) is 0 Å². The normalized spacial score (nSPS) is 10.8. The minimum atomic E-state index is -0.110. The average Bonchev–Trinajstić information content (AvgIpc) is 2.98. The number of aromatic nitrogens is 3. The van der Waals surface area contributed by atoms with E-state index in [1.54, 1.807) is 6.07 Å². The Bertz CT molecular complexity index is 1610. The van der Waals surface area contributed by atoms with Gasteiger partial charge in [-0.25, -0.2) is 15.0 Å². The summed E-state index contributed by atoms with van der Waals surface area (Å²) in [5.41, 5.74) is 5.78. The summed E-state index contributed by atoms with van der Waals surface area (Å²) in [7, 11) is 0. The monoisotopic (exact) mass is 493 g/mol. The van der Waals surface area contributed by atoms with E-state index in [-0.39, 0.29) is 22.9 Å². The Morgan fingerprint density at radius 3 is 1.16 bits per heavy atom. The van der Waals surface area contributed by atoms with Crippen LogP contribution in [-0.4, -0.2) is 25.2 Å². The molecule has 0 radical (unpaired) electrons. The number of phenols is 2. The lowest BCUT2D eigenvalue weighted by atomic mass is 9.98. The van der Waals surface area contributed by atoms with Crippen molar-refractivity contribution in [3.8, 4) is 67.9 Å². The highest BCUT2D eigenvalue weighted by Crippen LogP contribution is 2.39. The Morgan fingerprint density at radius 1 is 0.342 bits per heavy atom. The molecule has 0 atom stereocenters. The number of rotatable bonds is 5. The second-order valence-electron chi connectivity index (χ2n) is 8.80.